The minimum atomic E-state index is 0. The molecule has 0 bridgehead atoms. The smallest absolute Gasteiger partial charge is 0.191 e. The molecule has 0 aliphatic carbocycles. The summed E-state index contributed by atoms with van der Waals surface area (Å²) in [6.45, 7) is 6.68. The summed E-state index contributed by atoms with van der Waals surface area (Å²) in [5.41, 5.74) is 1.12. The van der Waals surface area contributed by atoms with Crippen molar-refractivity contribution in [3.63, 3.8) is 0 Å². The van der Waals surface area contributed by atoms with E-state index in [4.69, 9.17) is 21.1 Å². The number of hydrogen-bond donors (Lipinski definition) is 2. The van der Waals surface area contributed by atoms with E-state index in [9.17, 15) is 0 Å². The fraction of sp³-hybridized carbons (Fsp3) is 0.611. The van der Waals surface area contributed by atoms with Crippen molar-refractivity contribution in [1.29, 1.82) is 0 Å². The van der Waals surface area contributed by atoms with E-state index in [1.807, 2.05) is 18.2 Å². The number of morpholine rings is 1. The quantitative estimate of drug-likeness (QED) is 0.345. The average molecular weight is 497 g/mol. The van der Waals surface area contributed by atoms with Crippen LogP contribution in [0.2, 0.25) is 5.02 Å². The van der Waals surface area contributed by atoms with Gasteiger partial charge < -0.3 is 20.1 Å². The van der Waals surface area contributed by atoms with Gasteiger partial charge in [0.2, 0.25) is 0 Å². The number of nitrogens with zero attached hydrogens (tertiary/aromatic N) is 2. The molecule has 0 saturated carbocycles. The number of ether oxygens (including phenoxy) is 2. The van der Waals surface area contributed by atoms with Gasteiger partial charge in [-0.1, -0.05) is 29.8 Å². The van der Waals surface area contributed by atoms with Gasteiger partial charge in [0.05, 0.1) is 25.9 Å². The topological polar surface area (TPSA) is 58.1 Å². The van der Waals surface area contributed by atoms with Crippen LogP contribution in [-0.4, -0.2) is 70.5 Å². The van der Waals surface area contributed by atoms with Gasteiger partial charge in [-0.3, -0.25) is 9.89 Å². The summed E-state index contributed by atoms with van der Waals surface area (Å²) < 4.78 is 10.7. The molecular weight excluding hydrogens is 467 g/mol. The second kappa shape index (κ2) is 12.7. The lowest BCUT2D eigenvalue weighted by molar-refractivity contribution is 0.0170. The predicted octanol–water partition coefficient (Wildman–Crippen LogP) is 2.53. The Bertz CT molecular complexity index is 556. The highest BCUT2D eigenvalue weighted by atomic mass is 127. The molecule has 0 radical (unpaired) electrons. The van der Waals surface area contributed by atoms with Crippen LogP contribution in [0, 0.1) is 0 Å². The molecule has 1 saturated heterocycles. The van der Waals surface area contributed by atoms with Gasteiger partial charge in [0.1, 0.15) is 0 Å². The number of nitrogens with one attached hydrogen (secondary N) is 2. The van der Waals surface area contributed by atoms with Crippen molar-refractivity contribution in [2.45, 2.75) is 19.0 Å². The summed E-state index contributed by atoms with van der Waals surface area (Å²) in [6.07, 6.45) is 0. The first-order valence-corrected chi connectivity index (χ1v) is 9.05. The summed E-state index contributed by atoms with van der Waals surface area (Å²) in [5, 5.41) is 7.54. The van der Waals surface area contributed by atoms with E-state index >= 15 is 0 Å². The van der Waals surface area contributed by atoms with Gasteiger partial charge in [0.25, 0.3) is 0 Å². The maximum atomic E-state index is 6.46. The van der Waals surface area contributed by atoms with Gasteiger partial charge in [0.15, 0.2) is 5.96 Å². The van der Waals surface area contributed by atoms with Crippen LogP contribution in [0.1, 0.15) is 18.5 Å². The van der Waals surface area contributed by atoms with Crippen molar-refractivity contribution < 1.29 is 9.47 Å². The molecule has 2 atom stereocenters. The van der Waals surface area contributed by atoms with Crippen molar-refractivity contribution in [2.75, 3.05) is 53.6 Å². The van der Waals surface area contributed by atoms with E-state index in [-0.39, 0.29) is 36.1 Å². The first-order valence-electron chi connectivity index (χ1n) is 8.68. The number of rotatable bonds is 7. The third-order valence-electron chi connectivity index (χ3n) is 4.24. The SMILES string of the molecule is CN=C(NCC(c1ccccc1Cl)N1CCOCC1)NC(C)COC.I. The van der Waals surface area contributed by atoms with Gasteiger partial charge in [-0.15, -0.1) is 24.0 Å². The summed E-state index contributed by atoms with van der Waals surface area (Å²) >= 11 is 6.46. The molecule has 1 aromatic rings. The Morgan fingerprint density at radius 1 is 1.35 bits per heavy atom. The van der Waals surface area contributed by atoms with E-state index in [0.717, 1.165) is 42.8 Å². The molecule has 1 aromatic carbocycles. The fourth-order valence-electron chi connectivity index (χ4n) is 2.98. The first-order chi connectivity index (χ1) is 12.2. The third kappa shape index (κ3) is 7.19. The first kappa shape index (κ1) is 23.4. The van der Waals surface area contributed by atoms with Gasteiger partial charge in [-0.25, -0.2) is 0 Å². The van der Waals surface area contributed by atoms with Crippen molar-refractivity contribution >= 4 is 41.5 Å². The standard InChI is InChI=1S/C18H29ClN4O2.HI/c1-14(13-24-3)22-18(20-2)21-12-17(23-8-10-25-11-9-23)15-6-4-5-7-16(15)19;/h4-7,14,17H,8-13H2,1-3H3,(H2,20,21,22);1H. The van der Waals surface area contributed by atoms with Gasteiger partial charge in [-0.05, 0) is 18.6 Å². The van der Waals surface area contributed by atoms with E-state index in [1.54, 1.807) is 14.2 Å². The lowest BCUT2D eigenvalue weighted by atomic mass is 10.0. The lowest BCUT2D eigenvalue weighted by Gasteiger charge is -2.35. The summed E-state index contributed by atoms with van der Waals surface area (Å²) in [7, 11) is 3.47. The van der Waals surface area contributed by atoms with Crippen molar-refractivity contribution in [1.82, 2.24) is 15.5 Å². The Morgan fingerprint density at radius 3 is 2.65 bits per heavy atom. The second-order valence-corrected chi connectivity index (χ2v) is 6.55. The molecule has 0 spiro atoms. The minimum absolute atomic E-state index is 0. The van der Waals surface area contributed by atoms with Crippen LogP contribution >= 0.6 is 35.6 Å². The lowest BCUT2D eigenvalue weighted by Crippen LogP contribution is -2.48. The van der Waals surface area contributed by atoms with Crippen LogP contribution in [-0.2, 0) is 9.47 Å². The largest absolute Gasteiger partial charge is 0.383 e. The molecule has 2 unspecified atom stereocenters. The number of guanidine groups is 1. The van der Waals surface area contributed by atoms with Crippen LogP contribution in [0.4, 0.5) is 0 Å². The molecule has 2 rings (SSSR count). The number of aliphatic imine (C=N–C) groups is 1. The molecule has 2 N–H and O–H groups in total. The number of hydrogen-bond acceptors (Lipinski definition) is 4. The van der Waals surface area contributed by atoms with E-state index < -0.39 is 0 Å². The zero-order valence-corrected chi connectivity index (χ0v) is 18.8. The normalized spacial score (nSPS) is 17.9. The van der Waals surface area contributed by atoms with Crippen molar-refractivity contribution in [3.05, 3.63) is 34.9 Å². The third-order valence-corrected chi connectivity index (χ3v) is 4.58. The molecule has 26 heavy (non-hydrogen) atoms. The Morgan fingerprint density at radius 2 is 2.04 bits per heavy atom. The molecule has 0 amide bonds. The Balaban J connectivity index is 0.00000338. The molecule has 1 heterocycles. The number of methoxy groups -OCH3 is 1. The molecule has 6 nitrogen and oxygen atoms in total. The minimum Gasteiger partial charge on any atom is -0.383 e. The molecular formula is C18H30ClIN4O2. The maximum absolute atomic E-state index is 6.46. The Labute approximate surface area is 178 Å². The van der Waals surface area contributed by atoms with E-state index in [2.05, 4.69) is 33.5 Å². The van der Waals surface area contributed by atoms with Crippen molar-refractivity contribution in [3.8, 4) is 0 Å². The summed E-state index contributed by atoms with van der Waals surface area (Å²) in [4.78, 5) is 6.71. The van der Waals surface area contributed by atoms with Crippen LogP contribution in [0.15, 0.2) is 29.3 Å². The highest BCUT2D eigenvalue weighted by molar-refractivity contribution is 14.0. The molecule has 1 aliphatic heterocycles. The van der Waals surface area contributed by atoms with Crippen LogP contribution < -0.4 is 10.6 Å². The molecule has 8 heteroatoms. The summed E-state index contributed by atoms with van der Waals surface area (Å²) in [6, 6.07) is 8.36. The fourth-order valence-corrected chi connectivity index (χ4v) is 3.24. The highest BCUT2D eigenvalue weighted by Crippen LogP contribution is 2.27. The molecule has 0 aromatic heterocycles. The average Bonchev–Trinajstić information content (AvgIpc) is 2.63. The van der Waals surface area contributed by atoms with E-state index in [0.29, 0.717) is 13.2 Å². The van der Waals surface area contributed by atoms with Gasteiger partial charge in [0, 0.05) is 44.9 Å². The van der Waals surface area contributed by atoms with Crippen LogP contribution in [0.3, 0.4) is 0 Å². The maximum Gasteiger partial charge on any atom is 0.191 e. The monoisotopic (exact) mass is 496 g/mol. The molecule has 1 fully saturated rings. The van der Waals surface area contributed by atoms with Crippen molar-refractivity contribution in [2.24, 2.45) is 4.99 Å². The number of benzene rings is 1. The predicted molar refractivity (Wildman–Crippen MR) is 118 cm³/mol. The van der Waals surface area contributed by atoms with Gasteiger partial charge >= 0.3 is 0 Å². The summed E-state index contributed by atoms with van der Waals surface area (Å²) in [5.74, 6) is 0.759. The number of halogens is 2. The van der Waals surface area contributed by atoms with E-state index in [1.165, 1.54) is 0 Å². The Hall–Kier alpha value is -0.610. The van der Waals surface area contributed by atoms with Gasteiger partial charge in [-0.2, -0.15) is 0 Å². The second-order valence-electron chi connectivity index (χ2n) is 6.14. The highest BCUT2D eigenvalue weighted by Gasteiger charge is 2.24. The molecule has 1 aliphatic rings. The zero-order valence-electron chi connectivity index (χ0n) is 15.7. The van der Waals surface area contributed by atoms with Crippen LogP contribution in [0.5, 0.6) is 0 Å². The Kier molecular flexibility index (Phi) is 11.5. The zero-order chi connectivity index (χ0) is 18.1. The van der Waals surface area contributed by atoms with Crippen LogP contribution in [0.25, 0.3) is 0 Å². The molecule has 148 valence electrons.